The average Bonchev–Trinajstić information content (AvgIpc) is 2.11. The van der Waals surface area contributed by atoms with E-state index < -0.39 is 7.81 Å². The zero-order valence-electron chi connectivity index (χ0n) is 10.4. The monoisotopic (exact) mass is 328 g/mol. The van der Waals surface area contributed by atoms with Crippen molar-refractivity contribution in [1.82, 2.24) is 0 Å². The van der Waals surface area contributed by atoms with E-state index in [1.165, 1.54) is 5.56 Å². The first-order chi connectivity index (χ1) is 7.99. The summed E-state index contributed by atoms with van der Waals surface area (Å²) in [5.41, 5.74) is 1.50. The van der Waals surface area contributed by atoms with Crippen molar-refractivity contribution in [2.45, 2.75) is 31.1 Å². The molecule has 1 rings (SSSR count). The molecule has 1 N–H and O–H groups in total. The van der Waals surface area contributed by atoms with Gasteiger partial charge < -0.3 is 0 Å². The third-order valence-corrected chi connectivity index (χ3v) is 2.38. The van der Waals surface area contributed by atoms with Crippen molar-refractivity contribution in [3.8, 4) is 0 Å². The maximum atomic E-state index is 9.87. The zero-order chi connectivity index (χ0) is 15.6. The molecule has 0 aromatic heterocycles. The molecular formula is C10H15F6OPS. The molecule has 0 atom stereocenters. The van der Waals surface area contributed by atoms with Gasteiger partial charge in [0.25, 0.3) is 0 Å². The Morgan fingerprint density at radius 1 is 0.895 bits per heavy atom. The van der Waals surface area contributed by atoms with Gasteiger partial charge in [0.15, 0.2) is 16.9 Å². The van der Waals surface area contributed by atoms with E-state index in [0.717, 1.165) is 4.90 Å². The molecular weight excluding hydrogens is 313 g/mol. The van der Waals surface area contributed by atoms with Crippen LogP contribution in [0.2, 0.25) is 0 Å². The molecule has 0 saturated carbocycles. The second kappa shape index (κ2) is 4.82. The van der Waals surface area contributed by atoms with Crippen molar-refractivity contribution in [3.63, 3.8) is 0 Å². The SMILES string of the molecule is CC(C)(C)c1ccc([SH+]O)cc1.F[P-](F)(F)(F)(F)F. The first-order valence-electron chi connectivity index (χ1n) is 5.01. The van der Waals surface area contributed by atoms with E-state index in [1.807, 2.05) is 12.1 Å². The summed E-state index contributed by atoms with van der Waals surface area (Å²) < 4.78 is 68.0. The summed E-state index contributed by atoms with van der Waals surface area (Å²) in [7, 11) is -10.7. The molecule has 0 aliphatic heterocycles. The van der Waals surface area contributed by atoms with Gasteiger partial charge in [-0.2, -0.15) is 4.55 Å². The molecule has 0 spiro atoms. The third-order valence-electron chi connectivity index (χ3n) is 1.85. The van der Waals surface area contributed by atoms with Gasteiger partial charge in [-0.1, -0.05) is 32.9 Å². The van der Waals surface area contributed by atoms with Gasteiger partial charge in [0.1, 0.15) is 0 Å². The van der Waals surface area contributed by atoms with Crippen LogP contribution in [-0.2, 0) is 17.5 Å². The van der Waals surface area contributed by atoms with Gasteiger partial charge in [0, 0.05) is 0 Å². The summed E-state index contributed by atoms with van der Waals surface area (Å²) in [6.07, 6.45) is 0. The van der Waals surface area contributed by atoms with Crippen LogP contribution in [0.15, 0.2) is 29.2 Å². The summed E-state index contributed by atoms with van der Waals surface area (Å²) in [4.78, 5) is 0.947. The Balaban J connectivity index is 0.000000399. The first kappa shape index (κ1) is 18.5. The standard InChI is InChI=1S/C10H14OS.F6P/c1-10(2,3)8-4-6-9(12-11)7-5-8;1-7(2,3,4,5)6/h4-7,11H,1-3H3;/q;-1/p+1. The van der Waals surface area contributed by atoms with Crippen LogP contribution in [0.1, 0.15) is 26.3 Å². The molecule has 0 bridgehead atoms. The number of halogens is 6. The van der Waals surface area contributed by atoms with Crippen molar-refractivity contribution in [1.29, 1.82) is 0 Å². The van der Waals surface area contributed by atoms with Crippen LogP contribution < -0.4 is 0 Å². The number of thiol groups is 1. The van der Waals surface area contributed by atoms with Crippen molar-refractivity contribution in [3.05, 3.63) is 29.8 Å². The van der Waals surface area contributed by atoms with Gasteiger partial charge in [-0.15, -0.1) is 0 Å². The Morgan fingerprint density at radius 3 is 1.42 bits per heavy atom. The fourth-order valence-corrected chi connectivity index (χ4v) is 1.31. The molecule has 0 saturated heterocycles. The maximum absolute atomic E-state index is 10.7. The molecule has 1 aromatic rings. The molecule has 9 heteroatoms. The summed E-state index contributed by atoms with van der Waals surface area (Å²) >= 11 is 0.349. The number of rotatable bonds is 1. The van der Waals surface area contributed by atoms with E-state index in [0.29, 0.717) is 12.0 Å². The van der Waals surface area contributed by atoms with E-state index in [4.69, 9.17) is 4.55 Å². The van der Waals surface area contributed by atoms with E-state index in [1.54, 1.807) is 0 Å². The number of hydrogen-bond acceptors (Lipinski definition) is 1. The Kier molecular flexibility index (Phi) is 4.71. The van der Waals surface area contributed by atoms with Crippen LogP contribution in [0.25, 0.3) is 0 Å². The predicted octanol–water partition coefficient (Wildman–Crippen LogP) is 6.01. The number of benzene rings is 1. The molecule has 0 radical (unpaired) electrons. The van der Waals surface area contributed by atoms with Gasteiger partial charge >= 0.3 is 33.0 Å². The minimum atomic E-state index is -10.7. The van der Waals surface area contributed by atoms with Crippen LogP contribution in [0.4, 0.5) is 25.2 Å². The Bertz CT molecular complexity index is 407. The molecule has 0 aliphatic rings. The van der Waals surface area contributed by atoms with E-state index >= 15 is 0 Å². The molecule has 1 aromatic carbocycles. The second-order valence-corrected chi connectivity index (χ2v) is 7.49. The molecule has 0 fully saturated rings. The summed E-state index contributed by atoms with van der Waals surface area (Å²) in [5, 5.41) is 0. The molecule has 0 unspecified atom stereocenters. The topological polar surface area (TPSA) is 20.2 Å². The van der Waals surface area contributed by atoms with Gasteiger partial charge in [-0.05, 0) is 23.1 Å². The third kappa shape index (κ3) is 13.8. The van der Waals surface area contributed by atoms with Crippen molar-refractivity contribution in [2.75, 3.05) is 0 Å². The second-order valence-electron chi connectivity index (χ2n) is 4.86. The normalized spacial score (nSPS) is 15.9. The molecule has 19 heavy (non-hydrogen) atoms. The van der Waals surface area contributed by atoms with Crippen molar-refractivity contribution in [2.24, 2.45) is 0 Å². The van der Waals surface area contributed by atoms with Crippen LogP contribution in [0.5, 0.6) is 0 Å². The molecule has 1 nitrogen and oxygen atoms in total. The average molecular weight is 328 g/mol. The van der Waals surface area contributed by atoms with Crippen LogP contribution in [0, 0.1) is 0 Å². The van der Waals surface area contributed by atoms with E-state index in [9.17, 15) is 25.2 Å². The summed E-state index contributed by atoms with van der Waals surface area (Å²) in [6, 6.07) is 8.06. The van der Waals surface area contributed by atoms with E-state index in [2.05, 4.69) is 32.9 Å². The van der Waals surface area contributed by atoms with Crippen molar-refractivity contribution >= 4 is 19.9 Å². The quantitative estimate of drug-likeness (QED) is 0.289. The Hall–Kier alpha value is -0.460. The first-order valence-corrected chi connectivity index (χ1v) is 7.88. The van der Waals surface area contributed by atoms with Gasteiger partial charge in [0.05, 0.1) is 0 Å². The predicted molar refractivity (Wildman–Crippen MR) is 68.4 cm³/mol. The van der Waals surface area contributed by atoms with Crippen molar-refractivity contribution < 1.29 is 29.7 Å². The van der Waals surface area contributed by atoms with E-state index in [-0.39, 0.29) is 5.41 Å². The number of hydrogen-bond donors (Lipinski definition) is 1. The van der Waals surface area contributed by atoms with Crippen LogP contribution >= 0.6 is 7.81 Å². The minimum absolute atomic E-state index is 0.199. The summed E-state index contributed by atoms with van der Waals surface area (Å²) in [6.45, 7) is 6.54. The fourth-order valence-electron chi connectivity index (χ4n) is 1.03. The molecule has 0 amide bonds. The van der Waals surface area contributed by atoms with Gasteiger partial charge in [-0.25, -0.2) is 0 Å². The Morgan fingerprint density at radius 2 is 1.21 bits per heavy atom. The molecule has 0 heterocycles. The summed E-state index contributed by atoms with van der Waals surface area (Å²) in [5.74, 6) is 0. The van der Waals surface area contributed by atoms with Gasteiger partial charge in [-0.3, -0.25) is 0 Å². The van der Waals surface area contributed by atoms with Crippen LogP contribution in [0.3, 0.4) is 0 Å². The molecule has 0 aliphatic carbocycles. The zero-order valence-corrected chi connectivity index (χ0v) is 12.2. The molecule has 114 valence electrons. The van der Waals surface area contributed by atoms with Crippen LogP contribution in [-0.4, -0.2) is 4.55 Å². The van der Waals surface area contributed by atoms with Gasteiger partial charge in [0.2, 0.25) is 0 Å². The fraction of sp³-hybridized carbons (Fsp3) is 0.400. The Labute approximate surface area is 111 Å².